The summed E-state index contributed by atoms with van der Waals surface area (Å²) in [6, 6.07) is -0.842. The molecule has 66 heavy (non-hydrogen) atoms. The first-order valence-corrected chi connectivity index (χ1v) is 29.9. The average molecular weight is 953 g/mol. The highest BCUT2D eigenvalue weighted by molar-refractivity contribution is 7.47. The van der Waals surface area contributed by atoms with Crippen LogP contribution in [0.1, 0.15) is 271 Å². The molecule has 0 aliphatic rings. The van der Waals surface area contributed by atoms with Gasteiger partial charge in [0.25, 0.3) is 0 Å². The van der Waals surface area contributed by atoms with Crippen LogP contribution in [0, 0.1) is 0 Å². The number of rotatable bonds is 52. The van der Waals surface area contributed by atoms with E-state index in [2.05, 4.69) is 43.5 Å². The molecule has 0 aliphatic carbocycles. The average Bonchev–Trinajstić information content (AvgIpc) is 3.28. The number of phosphoric ester groups is 1. The van der Waals surface area contributed by atoms with Gasteiger partial charge in [0, 0.05) is 6.42 Å². The normalized spacial score (nSPS) is 14.2. The van der Waals surface area contributed by atoms with E-state index in [-0.39, 0.29) is 19.1 Å². The lowest BCUT2D eigenvalue weighted by Gasteiger charge is -2.25. The van der Waals surface area contributed by atoms with Gasteiger partial charge < -0.3 is 19.8 Å². The van der Waals surface area contributed by atoms with E-state index in [1.807, 2.05) is 27.2 Å². The Kier molecular flexibility index (Phi) is 47.8. The zero-order valence-electron chi connectivity index (χ0n) is 44.4. The molecule has 3 unspecified atom stereocenters. The number of quaternary nitrogens is 1. The van der Waals surface area contributed by atoms with E-state index in [1.165, 1.54) is 205 Å². The Morgan fingerprint density at radius 2 is 0.864 bits per heavy atom. The number of aliphatic hydroxyl groups excluding tert-OH is 1. The van der Waals surface area contributed by atoms with Crippen LogP contribution in [0.15, 0.2) is 36.5 Å². The number of unbranched alkanes of at least 4 members (excludes halogenated alkanes) is 35. The summed E-state index contributed by atoms with van der Waals surface area (Å²) < 4.78 is 23.6. The second-order valence-corrected chi connectivity index (χ2v) is 22.1. The summed E-state index contributed by atoms with van der Waals surface area (Å²) in [5.74, 6) is -0.176. The summed E-state index contributed by atoms with van der Waals surface area (Å²) in [6.07, 6.45) is 62.8. The number of aliphatic hydroxyl groups is 1. The maximum Gasteiger partial charge on any atom is 0.472 e. The first-order chi connectivity index (χ1) is 32.0. The van der Waals surface area contributed by atoms with Gasteiger partial charge in [-0.25, -0.2) is 4.57 Å². The number of hydrogen-bond acceptors (Lipinski definition) is 5. The molecular formula is C57H112N2O6P+. The number of phosphoric acid groups is 1. The lowest BCUT2D eigenvalue weighted by molar-refractivity contribution is -0.870. The monoisotopic (exact) mass is 952 g/mol. The summed E-state index contributed by atoms with van der Waals surface area (Å²) in [5, 5.41) is 13.8. The molecule has 0 saturated heterocycles. The Morgan fingerprint density at radius 3 is 1.24 bits per heavy atom. The molecule has 0 aliphatic heterocycles. The summed E-state index contributed by atoms with van der Waals surface area (Å²) in [4.78, 5) is 23.1. The highest BCUT2D eigenvalue weighted by Gasteiger charge is 2.27. The van der Waals surface area contributed by atoms with Crippen molar-refractivity contribution in [3.8, 4) is 0 Å². The van der Waals surface area contributed by atoms with Crippen LogP contribution in [0.2, 0.25) is 0 Å². The number of allylic oxidation sites excluding steroid dienone is 5. The van der Waals surface area contributed by atoms with Crippen LogP contribution in [0.5, 0.6) is 0 Å². The lowest BCUT2D eigenvalue weighted by atomic mass is 10.0. The Hall–Kier alpha value is -1.28. The van der Waals surface area contributed by atoms with Crippen LogP contribution in [0.4, 0.5) is 0 Å². The molecule has 0 fully saturated rings. The largest absolute Gasteiger partial charge is 0.472 e. The first-order valence-electron chi connectivity index (χ1n) is 28.4. The summed E-state index contributed by atoms with van der Waals surface area (Å²) in [7, 11) is 1.58. The van der Waals surface area contributed by atoms with Gasteiger partial charge in [-0.2, -0.15) is 0 Å². The zero-order chi connectivity index (χ0) is 48.5. The van der Waals surface area contributed by atoms with Gasteiger partial charge in [-0.3, -0.25) is 13.8 Å². The first kappa shape index (κ1) is 64.7. The number of likely N-dealkylation sites (N-methyl/N-ethyl adjacent to an activating group) is 1. The summed E-state index contributed by atoms with van der Waals surface area (Å²) >= 11 is 0. The smallest absolute Gasteiger partial charge is 0.387 e. The van der Waals surface area contributed by atoms with Crippen LogP contribution in [-0.2, 0) is 18.4 Å². The van der Waals surface area contributed by atoms with Crippen LogP contribution < -0.4 is 5.32 Å². The van der Waals surface area contributed by atoms with Crippen molar-refractivity contribution < 1.29 is 32.9 Å². The molecule has 1 amide bonds. The molecule has 0 aromatic heterocycles. The Labute approximate surface area is 410 Å². The molecule has 0 aromatic carbocycles. The second kappa shape index (κ2) is 48.7. The highest BCUT2D eigenvalue weighted by atomic mass is 31.2. The minimum Gasteiger partial charge on any atom is -0.387 e. The van der Waals surface area contributed by atoms with Gasteiger partial charge in [0.2, 0.25) is 5.91 Å². The number of carbonyl (C=O) groups is 1. The van der Waals surface area contributed by atoms with Crippen molar-refractivity contribution >= 4 is 13.7 Å². The molecule has 8 nitrogen and oxygen atoms in total. The van der Waals surface area contributed by atoms with Gasteiger partial charge in [0.15, 0.2) is 0 Å². The Bertz CT molecular complexity index is 1170. The van der Waals surface area contributed by atoms with E-state index < -0.39 is 20.0 Å². The summed E-state index contributed by atoms with van der Waals surface area (Å²) in [5.41, 5.74) is 0. The molecule has 0 aromatic rings. The van der Waals surface area contributed by atoms with Crippen molar-refractivity contribution in [2.24, 2.45) is 0 Å². The van der Waals surface area contributed by atoms with Crippen molar-refractivity contribution in [3.63, 3.8) is 0 Å². The minimum absolute atomic E-state index is 0.0629. The van der Waals surface area contributed by atoms with Gasteiger partial charge in [0.1, 0.15) is 13.2 Å². The molecule has 0 spiro atoms. The molecule has 0 rings (SSSR count). The number of hydrogen-bond donors (Lipinski definition) is 3. The van der Waals surface area contributed by atoms with Crippen LogP contribution in [0.3, 0.4) is 0 Å². The number of nitrogens with zero attached hydrogens (tertiary/aromatic N) is 1. The van der Waals surface area contributed by atoms with E-state index in [0.717, 1.165) is 44.9 Å². The van der Waals surface area contributed by atoms with E-state index in [0.29, 0.717) is 17.4 Å². The van der Waals surface area contributed by atoms with Crippen molar-refractivity contribution in [2.45, 2.75) is 283 Å². The molecule has 9 heteroatoms. The van der Waals surface area contributed by atoms with Crippen LogP contribution in [-0.4, -0.2) is 73.4 Å². The summed E-state index contributed by atoms with van der Waals surface area (Å²) in [6.45, 7) is 4.79. The third kappa shape index (κ3) is 50.6. The predicted molar refractivity (Wildman–Crippen MR) is 286 cm³/mol. The second-order valence-electron chi connectivity index (χ2n) is 20.7. The van der Waals surface area contributed by atoms with Gasteiger partial charge in [-0.05, 0) is 51.4 Å². The maximum absolute atomic E-state index is 12.9. The van der Waals surface area contributed by atoms with E-state index >= 15 is 0 Å². The Morgan fingerprint density at radius 1 is 0.515 bits per heavy atom. The molecule has 390 valence electrons. The fraction of sp³-hybridized carbons (Fsp3) is 0.877. The van der Waals surface area contributed by atoms with Crippen molar-refractivity contribution in [1.29, 1.82) is 0 Å². The SMILES string of the molecule is CCCCCCC/C=C\C/C=C\CCCCCCCCCCCCCCCCCCCCCCCCCC(=O)NC(COP(=O)(O)OCC[N+](C)(C)C)C(O)/C=C/CCCCCCCCC. The lowest BCUT2D eigenvalue weighted by Crippen LogP contribution is -2.45. The number of carbonyl (C=O) groups excluding carboxylic acids is 1. The topological polar surface area (TPSA) is 105 Å². The minimum atomic E-state index is -4.33. The van der Waals surface area contributed by atoms with Crippen LogP contribution >= 0.6 is 7.82 Å². The Balaban J connectivity index is 3.86. The van der Waals surface area contributed by atoms with E-state index in [4.69, 9.17) is 9.05 Å². The van der Waals surface area contributed by atoms with Gasteiger partial charge >= 0.3 is 7.82 Å². The third-order valence-electron chi connectivity index (χ3n) is 12.9. The van der Waals surface area contributed by atoms with Crippen molar-refractivity contribution in [3.05, 3.63) is 36.5 Å². The van der Waals surface area contributed by atoms with Gasteiger partial charge in [0.05, 0.1) is 39.9 Å². The van der Waals surface area contributed by atoms with Crippen molar-refractivity contribution in [2.75, 3.05) is 40.9 Å². The number of nitrogens with one attached hydrogen (secondary N) is 1. The van der Waals surface area contributed by atoms with E-state index in [1.54, 1.807) is 6.08 Å². The molecule has 0 saturated carbocycles. The van der Waals surface area contributed by atoms with Crippen LogP contribution in [0.25, 0.3) is 0 Å². The van der Waals surface area contributed by atoms with E-state index in [9.17, 15) is 19.4 Å². The zero-order valence-corrected chi connectivity index (χ0v) is 45.3. The molecule has 3 atom stereocenters. The standard InChI is InChI=1S/C57H111N2O6P/c1-6-8-10-12-14-16-17-18-19-20-21-22-23-24-25-26-27-28-29-30-31-32-33-34-35-36-37-38-39-40-41-43-45-47-49-51-57(61)58-55(54-65-66(62,63)64-53-52-59(3,4)5)56(60)50-48-46-44-42-15-13-11-9-7-2/h17-18,20-21,48,50,55-56,60H,6-16,19,22-47,49,51-54H2,1-5H3,(H-,58,61,62,63)/p+1/b18-17-,21-20-,50-48+. The maximum atomic E-state index is 12.9. The molecule has 0 bridgehead atoms. The quantitative estimate of drug-likeness (QED) is 0.0243. The van der Waals surface area contributed by atoms with Gasteiger partial charge in [-0.15, -0.1) is 0 Å². The molecule has 0 heterocycles. The predicted octanol–water partition coefficient (Wildman–Crippen LogP) is 17.0. The molecular weight excluding hydrogens is 840 g/mol. The van der Waals surface area contributed by atoms with Gasteiger partial charge in [-0.1, -0.05) is 249 Å². The highest BCUT2D eigenvalue weighted by Crippen LogP contribution is 2.43. The molecule has 0 radical (unpaired) electrons. The molecule has 3 N–H and O–H groups in total. The third-order valence-corrected chi connectivity index (χ3v) is 13.8. The van der Waals surface area contributed by atoms with Crippen molar-refractivity contribution in [1.82, 2.24) is 5.32 Å². The fourth-order valence-corrected chi connectivity index (χ4v) is 9.10. The fourth-order valence-electron chi connectivity index (χ4n) is 8.37. The number of amides is 1.